The van der Waals surface area contributed by atoms with Crippen molar-refractivity contribution in [1.82, 2.24) is 10.2 Å². The zero-order valence-corrected chi connectivity index (χ0v) is 10.1. The van der Waals surface area contributed by atoms with E-state index in [2.05, 4.69) is 15.1 Å². The lowest BCUT2D eigenvalue weighted by Gasteiger charge is -2.10. The molecule has 1 aliphatic rings. The van der Waals surface area contributed by atoms with Gasteiger partial charge in [-0.2, -0.15) is 0 Å². The summed E-state index contributed by atoms with van der Waals surface area (Å²) in [6.45, 7) is 3.54. The predicted molar refractivity (Wildman–Crippen MR) is 59.1 cm³/mol. The molecule has 0 amide bonds. The van der Waals surface area contributed by atoms with E-state index in [1.807, 2.05) is 0 Å². The summed E-state index contributed by atoms with van der Waals surface area (Å²) in [5, 5.41) is 8.41. The molecule has 0 unspecified atom stereocenters. The van der Waals surface area contributed by atoms with Crippen molar-refractivity contribution in [2.24, 2.45) is 0 Å². The Balaban J connectivity index is 2.24. The van der Waals surface area contributed by atoms with Crippen LogP contribution in [0.15, 0.2) is 4.34 Å². The highest BCUT2D eigenvalue weighted by atomic mass is 32.2. The SMILES string of the molecule is CCS(=O)(=O)c1nnc(N2CCCC2)s1. The molecule has 1 aromatic rings. The number of nitrogens with zero attached hydrogens (tertiary/aromatic N) is 3. The van der Waals surface area contributed by atoms with Crippen molar-refractivity contribution in [3.63, 3.8) is 0 Å². The molecule has 0 saturated carbocycles. The number of hydrogen-bond acceptors (Lipinski definition) is 6. The number of aromatic nitrogens is 2. The summed E-state index contributed by atoms with van der Waals surface area (Å²) in [4.78, 5) is 2.09. The molecule has 0 N–H and O–H groups in total. The molecule has 84 valence electrons. The Labute approximate surface area is 93.0 Å². The summed E-state index contributed by atoms with van der Waals surface area (Å²) in [6.07, 6.45) is 2.30. The standard InChI is InChI=1S/C8H13N3O2S2/c1-2-15(12,13)8-10-9-7(14-8)11-5-3-4-6-11/h2-6H2,1H3. The molecule has 2 heterocycles. The van der Waals surface area contributed by atoms with Gasteiger partial charge in [0.25, 0.3) is 0 Å². The summed E-state index contributed by atoms with van der Waals surface area (Å²) in [5.74, 6) is 0.0850. The van der Waals surface area contributed by atoms with Gasteiger partial charge in [0.05, 0.1) is 5.75 Å². The molecule has 15 heavy (non-hydrogen) atoms. The van der Waals surface area contributed by atoms with Crippen LogP contribution < -0.4 is 4.90 Å². The minimum absolute atomic E-state index is 0.0850. The zero-order chi connectivity index (χ0) is 10.9. The Morgan fingerprint density at radius 3 is 2.60 bits per heavy atom. The van der Waals surface area contributed by atoms with Gasteiger partial charge >= 0.3 is 0 Å². The fourth-order valence-electron chi connectivity index (χ4n) is 1.49. The topological polar surface area (TPSA) is 63.2 Å². The molecule has 0 atom stereocenters. The van der Waals surface area contributed by atoms with Gasteiger partial charge in [-0.1, -0.05) is 18.3 Å². The third-order valence-corrected chi connectivity index (χ3v) is 5.58. The Morgan fingerprint density at radius 2 is 2.00 bits per heavy atom. The minimum Gasteiger partial charge on any atom is -0.347 e. The summed E-state index contributed by atoms with van der Waals surface area (Å²) < 4.78 is 23.2. The first-order valence-corrected chi connectivity index (χ1v) is 7.41. The monoisotopic (exact) mass is 247 g/mol. The molecule has 0 spiro atoms. The second kappa shape index (κ2) is 4.05. The number of hydrogen-bond donors (Lipinski definition) is 0. The van der Waals surface area contributed by atoms with Gasteiger partial charge in [-0.3, -0.25) is 0 Å². The highest BCUT2D eigenvalue weighted by Gasteiger charge is 2.22. The summed E-state index contributed by atoms with van der Waals surface area (Å²) in [6, 6.07) is 0. The Kier molecular flexibility index (Phi) is 2.92. The quantitative estimate of drug-likeness (QED) is 0.795. The molecule has 1 aliphatic heterocycles. The summed E-state index contributed by atoms with van der Waals surface area (Å²) >= 11 is 1.18. The highest BCUT2D eigenvalue weighted by molar-refractivity contribution is 7.93. The second-order valence-electron chi connectivity index (χ2n) is 3.45. The van der Waals surface area contributed by atoms with Crippen molar-refractivity contribution in [3.8, 4) is 0 Å². The fraction of sp³-hybridized carbons (Fsp3) is 0.750. The Morgan fingerprint density at radius 1 is 1.33 bits per heavy atom. The molecule has 5 nitrogen and oxygen atoms in total. The molecule has 2 rings (SSSR count). The van der Waals surface area contributed by atoms with Crippen LogP contribution in [0.5, 0.6) is 0 Å². The van der Waals surface area contributed by atoms with Crippen LogP contribution in [0.25, 0.3) is 0 Å². The molecular weight excluding hydrogens is 234 g/mol. The van der Waals surface area contributed by atoms with E-state index in [1.165, 1.54) is 11.3 Å². The maximum absolute atomic E-state index is 11.5. The van der Waals surface area contributed by atoms with Crippen molar-refractivity contribution >= 4 is 26.3 Å². The van der Waals surface area contributed by atoms with Crippen molar-refractivity contribution in [3.05, 3.63) is 0 Å². The lowest BCUT2D eigenvalue weighted by molar-refractivity contribution is 0.595. The van der Waals surface area contributed by atoms with E-state index in [9.17, 15) is 8.42 Å². The van der Waals surface area contributed by atoms with Gasteiger partial charge in [0.15, 0.2) is 0 Å². The van der Waals surface area contributed by atoms with E-state index in [0.29, 0.717) is 0 Å². The number of anilines is 1. The van der Waals surface area contributed by atoms with Crippen LogP contribution >= 0.6 is 11.3 Å². The zero-order valence-electron chi connectivity index (χ0n) is 8.51. The first-order chi connectivity index (χ1) is 7.13. The van der Waals surface area contributed by atoms with Gasteiger partial charge in [0, 0.05) is 13.1 Å². The van der Waals surface area contributed by atoms with Crippen molar-refractivity contribution in [1.29, 1.82) is 0 Å². The summed E-state index contributed by atoms with van der Waals surface area (Å²) in [7, 11) is -3.19. The maximum atomic E-state index is 11.5. The van der Waals surface area contributed by atoms with E-state index < -0.39 is 9.84 Å². The van der Waals surface area contributed by atoms with Crippen LogP contribution in [0.3, 0.4) is 0 Å². The smallest absolute Gasteiger partial charge is 0.234 e. The van der Waals surface area contributed by atoms with E-state index in [-0.39, 0.29) is 10.1 Å². The van der Waals surface area contributed by atoms with Crippen LogP contribution in [0.2, 0.25) is 0 Å². The highest BCUT2D eigenvalue weighted by Crippen LogP contribution is 2.26. The molecule has 1 saturated heterocycles. The van der Waals surface area contributed by atoms with Gasteiger partial charge in [-0.15, -0.1) is 10.2 Å². The average molecular weight is 247 g/mol. The van der Waals surface area contributed by atoms with E-state index in [1.54, 1.807) is 6.92 Å². The van der Waals surface area contributed by atoms with Crippen molar-refractivity contribution < 1.29 is 8.42 Å². The van der Waals surface area contributed by atoms with Gasteiger partial charge in [0.2, 0.25) is 19.3 Å². The van der Waals surface area contributed by atoms with E-state index in [4.69, 9.17) is 0 Å². The average Bonchev–Trinajstić information content (AvgIpc) is 2.88. The van der Waals surface area contributed by atoms with Gasteiger partial charge < -0.3 is 4.90 Å². The minimum atomic E-state index is -3.19. The maximum Gasteiger partial charge on any atom is 0.234 e. The lowest BCUT2D eigenvalue weighted by atomic mass is 10.4. The Hall–Kier alpha value is -0.690. The van der Waals surface area contributed by atoms with Crippen LogP contribution in [-0.2, 0) is 9.84 Å². The van der Waals surface area contributed by atoms with Crippen LogP contribution in [0, 0.1) is 0 Å². The Bertz CT molecular complexity index is 434. The third kappa shape index (κ3) is 2.12. The van der Waals surface area contributed by atoms with Crippen LogP contribution in [-0.4, -0.2) is 37.5 Å². The van der Waals surface area contributed by atoms with E-state index >= 15 is 0 Å². The van der Waals surface area contributed by atoms with Crippen LogP contribution in [0.1, 0.15) is 19.8 Å². The predicted octanol–water partition coefficient (Wildman–Crippen LogP) is 0.932. The van der Waals surface area contributed by atoms with Crippen LogP contribution in [0.4, 0.5) is 5.13 Å². The fourth-order valence-corrected chi connectivity index (χ4v) is 3.62. The molecule has 0 radical (unpaired) electrons. The molecule has 0 bridgehead atoms. The van der Waals surface area contributed by atoms with Gasteiger partial charge in [0.1, 0.15) is 0 Å². The van der Waals surface area contributed by atoms with Crippen molar-refractivity contribution in [2.75, 3.05) is 23.7 Å². The first-order valence-electron chi connectivity index (χ1n) is 4.94. The largest absolute Gasteiger partial charge is 0.347 e. The number of sulfone groups is 1. The normalized spacial score (nSPS) is 17.3. The second-order valence-corrected chi connectivity index (χ2v) is 6.86. The van der Waals surface area contributed by atoms with E-state index in [0.717, 1.165) is 31.1 Å². The summed E-state index contributed by atoms with van der Waals surface area (Å²) in [5.41, 5.74) is 0. The molecule has 7 heteroatoms. The third-order valence-electron chi connectivity index (χ3n) is 2.42. The van der Waals surface area contributed by atoms with Gasteiger partial charge in [-0.05, 0) is 12.8 Å². The molecule has 0 aliphatic carbocycles. The molecule has 0 aromatic carbocycles. The number of rotatable bonds is 3. The molecule has 1 aromatic heterocycles. The van der Waals surface area contributed by atoms with Crippen molar-refractivity contribution in [2.45, 2.75) is 24.1 Å². The van der Waals surface area contributed by atoms with Gasteiger partial charge in [-0.25, -0.2) is 8.42 Å². The lowest BCUT2D eigenvalue weighted by Crippen LogP contribution is -2.17. The molecule has 1 fully saturated rings. The molecular formula is C8H13N3O2S2. The first kappa shape index (κ1) is 10.8.